The van der Waals surface area contributed by atoms with Crippen molar-refractivity contribution >= 4 is 28.5 Å². The van der Waals surface area contributed by atoms with Gasteiger partial charge in [0, 0.05) is 38.6 Å². The number of allylic oxidation sites excluding steroid dienone is 5. The Morgan fingerprint density at radius 3 is 1.18 bits per heavy atom. The molecule has 0 saturated carbocycles. The van der Waals surface area contributed by atoms with Crippen LogP contribution in [0.5, 0.6) is 0 Å². The summed E-state index contributed by atoms with van der Waals surface area (Å²) in [5.74, 6) is -1.48. The van der Waals surface area contributed by atoms with Crippen LogP contribution in [0.15, 0.2) is 77.3 Å². The van der Waals surface area contributed by atoms with Gasteiger partial charge in [-0.3, -0.25) is 9.59 Å². The molecule has 2 aromatic rings. The van der Waals surface area contributed by atoms with Gasteiger partial charge >= 0.3 is 0 Å². The van der Waals surface area contributed by atoms with Crippen molar-refractivity contribution in [1.29, 1.82) is 0 Å². The monoisotopic (exact) mass is 837 g/mol. The second-order valence-electron chi connectivity index (χ2n) is 18.4. The zero-order valence-electron chi connectivity index (χ0n) is 39.1. The van der Waals surface area contributed by atoms with E-state index >= 15 is 0 Å². The SMILES string of the molecule is CCCCCCCCCCCCCCCCN(C)c1ccc(C2=C(O)/C(=C/C3=C(O)C(c4ccc(N(C)CCCCCCCCCCCCCCCC)cc4)C3=O)C2=O)cc1. The summed E-state index contributed by atoms with van der Waals surface area (Å²) in [7, 11) is 4.20. The first-order chi connectivity index (χ1) is 29.8. The topological polar surface area (TPSA) is 81.1 Å². The summed E-state index contributed by atoms with van der Waals surface area (Å²) in [5.41, 5.74) is 3.97. The molecule has 6 heteroatoms. The number of hydrogen-bond acceptors (Lipinski definition) is 6. The second-order valence-corrected chi connectivity index (χ2v) is 18.4. The Morgan fingerprint density at radius 2 is 0.836 bits per heavy atom. The quantitative estimate of drug-likeness (QED) is 0.0532. The minimum atomic E-state index is -0.744. The number of aliphatic hydroxyl groups excluding tert-OH is 2. The van der Waals surface area contributed by atoms with Gasteiger partial charge in [-0.15, -0.1) is 0 Å². The molecule has 0 heterocycles. The standard InChI is InChI=1S/C55H84N2O4/c1-5-7-9-11-13-15-17-19-21-23-25-27-29-31-41-56(3)46-37-33-44(34-38-46)50-52(58)48(53(50)59)43-49-54(60)51(55(49)61)45-35-39-47(40-36-45)57(4)42-32-30-28-26-24-22-20-18-16-14-12-10-8-6-2/h33-40,43,50,58,60H,5-32,41-42H2,1-4H3/b49-43-. The molecule has 2 aliphatic carbocycles. The predicted molar refractivity (Wildman–Crippen MR) is 260 cm³/mol. The van der Waals surface area contributed by atoms with E-state index in [4.69, 9.17) is 0 Å². The molecular formula is C55H84N2O4. The smallest absolute Gasteiger partial charge is 0.201 e. The van der Waals surface area contributed by atoms with E-state index in [1.54, 1.807) is 0 Å². The van der Waals surface area contributed by atoms with E-state index in [1.165, 1.54) is 173 Å². The fourth-order valence-electron chi connectivity index (χ4n) is 9.06. The lowest BCUT2D eigenvalue weighted by molar-refractivity contribution is -0.119. The molecule has 61 heavy (non-hydrogen) atoms. The van der Waals surface area contributed by atoms with Crippen molar-refractivity contribution in [3.63, 3.8) is 0 Å². The van der Waals surface area contributed by atoms with Gasteiger partial charge < -0.3 is 20.0 Å². The Morgan fingerprint density at radius 1 is 0.492 bits per heavy atom. The molecule has 2 aromatic carbocycles. The molecular weight excluding hydrogens is 753 g/mol. The first-order valence-electron chi connectivity index (χ1n) is 25.1. The summed E-state index contributed by atoms with van der Waals surface area (Å²) in [6, 6.07) is 15.6. The highest BCUT2D eigenvalue weighted by Crippen LogP contribution is 2.43. The number of hydrogen-bond donors (Lipinski definition) is 2. The molecule has 1 atom stereocenters. The van der Waals surface area contributed by atoms with Crippen LogP contribution < -0.4 is 9.80 Å². The van der Waals surface area contributed by atoms with Crippen molar-refractivity contribution in [3.8, 4) is 0 Å². The van der Waals surface area contributed by atoms with Crippen molar-refractivity contribution < 1.29 is 19.8 Å². The first-order valence-corrected chi connectivity index (χ1v) is 25.1. The van der Waals surface area contributed by atoms with Crippen LogP contribution in [0.3, 0.4) is 0 Å². The van der Waals surface area contributed by atoms with Crippen LogP contribution in [-0.2, 0) is 9.59 Å². The normalized spacial score (nSPS) is 15.8. The van der Waals surface area contributed by atoms with Crippen molar-refractivity contribution in [2.75, 3.05) is 37.0 Å². The highest BCUT2D eigenvalue weighted by atomic mass is 16.3. The fraction of sp³-hybridized carbons (Fsp3) is 0.636. The number of carbonyl (C=O) groups excluding carboxylic acids is 2. The largest absolute Gasteiger partial charge is 0.510 e. The van der Waals surface area contributed by atoms with Crippen LogP contribution >= 0.6 is 0 Å². The summed E-state index contributed by atoms with van der Waals surface area (Å²) in [4.78, 5) is 30.9. The predicted octanol–water partition coefficient (Wildman–Crippen LogP) is 15.5. The van der Waals surface area contributed by atoms with E-state index in [0.29, 0.717) is 5.56 Å². The number of unbranched alkanes of at least 4 members (excludes halogenated alkanes) is 26. The molecule has 2 aliphatic rings. The van der Waals surface area contributed by atoms with Gasteiger partial charge in [-0.1, -0.05) is 205 Å². The third kappa shape index (κ3) is 16.4. The van der Waals surface area contributed by atoms with E-state index in [9.17, 15) is 19.8 Å². The molecule has 0 saturated heterocycles. The van der Waals surface area contributed by atoms with Gasteiger partial charge in [-0.05, 0) is 54.3 Å². The molecule has 4 rings (SSSR count). The summed E-state index contributed by atoms with van der Waals surface area (Å²) in [5, 5.41) is 21.8. The summed E-state index contributed by atoms with van der Waals surface area (Å²) >= 11 is 0. The zero-order valence-corrected chi connectivity index (χ0v) is 39.1. The molecule has 2 N–H and O–H groups in total. The van der Waals surface area contributed by atoms with E-state index in [0.717, 1.165) is 42.9 Å². The third-order valence-electron chi connectivity index (χ3n) is 13.3. The zero-order chi connectivity index (χ0) is 43.7. The maximum absolute atomic E-state index is 13.2. The molecule has 0 bridgehead atoms. The molecule has 338 valence electrons. The van der Waals surface area contributed by atoms with Crippen molar-refractivity contribution in [3.05, 3.63) is 88.4 Å². The highest BCUT2D eigenvalue weighted by molar-refractivity contribution is 6.39. The van der Waals surface area contributed by atoms with Gasteiger partial charge in [0.25, 0.3) is 0 Å². The van der Waals surface area contributed by atoms with Crippen molar-refractivity contribution in [2.24, 2.45) is 0 Å². The minimum absolute atomic E-state index is 0.0544. The van der Waals surface area contributed by atoms with E-state index in [-0.39, 0.29) is 39.8 Å². The number of Topliss-reactive ketones (excluding diaryl/α,β-unsaturated/α-hetero) is 2. The van der Waals surface area contributed by atoms with E-state index in [1.807, 2.05) is 48.5 Å². The minimum Gasteiger partial charge on any atom is -0.510 e. The Bertz CT molecular complexity index is 1670. The van der Waals surface area contributed by atoms with Gasteiger partial charge in [-0.25, -0.2) is 0 Å². The van der Waals surface area contributed by atoms with Crippen molar-refractivity contribution in [1.82, 2.24) is 0 Å². The number of carbonyl (C=O) groups is 2. The molecule has 6 nitrogen and oxygen atoms in total. The maximum Gasteiger partial charge on any atom is 0.201 e. The number of benzene rings is 2. The average Bonchev–Trinajstić information content (AvgIpc) is 3.27. The average molecular weight is 837 g/mol. The number of ketones is 2. The summed E-state index contributed by atoms with van der Waals surface area (Å²) < 4.78 is 0. The first kappa shape index (κ1) is 49.9. The Labute approximate surface area is 372 Å². The Kier molecular flexibility index (Phi) is 23.5. The van der Waals surface area contributed by atoms with Crippen LogP contribution in [0, 0.1) is 0 Å². The van der Waals surface area contributed by atoms with Crippen LogP contribution in [0.25, 0.3) is 5.57 Å². The lowest BCUT2D eigenvalue weighted by Crippen LogP contribution is -2.30. The molecule has 0 amide bonds. The van der Waals surface area contributed by atoms with Crippen LogP contribution in [-0.4, -0.2) is 49.0 Å². The van der Waals surface area contributed by atoms with Gasteiger partial charge in [0.15, 0.2) is 5.78 Å². The molecule has 0 aliphatic heterocycles. The lowest BCUT2D eigenvalue weighted by atomic mass is 9.74. The Balaban J connectivity index is 1.12. The summed E-state index contributed by atoms with van der Waals surface area (Å²) in [6.07, 6.45) is 39.1. The van der Waals surface area contributed by atoms with E-state index in [2.05, 4.69) is 37.7 Å². The van der Waals surface area contributed by atoms with Crippen LogP contribution in [0.4, 0.5) is 11.4 Å². The number of anilines is 2. The molecule has 1 unspecified atom stereocenters. The van der Waals surface area contributed by atoms with Crippen LogP contribution in [0.1, 0.15) is 211 Å². The number of aliphatic hydroxyl groups is 2. The van der Waals surface area contributed by atoms with Gasteiger partial charge in [-0.2, -0.15) is 0 Å². The molecule has 0 radical (unpaired) electrons. The van der Waals surface area contributed by atoms with Gasteiger partial charge in [0.2, 0.25) is 5.78 Å². The second kappa shape index (κ2) is 28.7. The maximum atomic E-state index is 13.2. The highest BCUT2D eigenvalue weighted by Gasteiger charge is 2.42. The van der Waals surface area contributed by atoms with Gasteiger partial charge in [0.05, 0.1) is 16.7 Å². The number of nitrogens with zero attached hydrogens (tertiary/aromatic N) is 2. The molecule has 0 aromatic heterocycles. The Hall–Kier alpha value is -3.80. The van der Waals surface area contributed by atoms with Crippen molar-refractivity contribution in [2.45, 2.75) is 200 Å². The molecule has 0 fully saturated rings. The number of rotatable bonds is 35. The molecule has 0 spiro atoms. The van der Waals surface area contributed by atoms with Crippen LogP contribution in [0.2, 0.25) is 0 Å². The lowest BCUT2D eigenvalue weighted by Gasteiger charge is -2.29. The third-order valence-corrected chi connectivity index (χ3v) is 13.3. The fourth-order valence-corrected chi connectivity index (χ4v) is 9.06. The van der Waals surface area contributed by atoms with Gasteiger partial charge in [0.1, 0.15) is 17.4 Å². The summed E-state index contributed by atoms with van der Waals surface area (Å²) in [6.45, 7) is 6.51. The van der Waals surface area contributed by atoms with E-state index < -0.39 is 5.92 Å².